The fraction of sp³-hybridized carbons (Fsp3) is 0.548. The van der Waals surface area contributed by atoms with E-state index in [1.54, 1.807) is 74.8 Å². The van der Waals surface area contributed by atoms with Crippen LogP contribution in [0.25, 0.3) is 0 Å². The normalized spacial score (nSPS) is 22.3. The second-order valence-corrected chi connectivity index (χ2v) is 24.0. The lowest BCUT2D eigenvalue weighted by Crippen LogP contribution is -2.46. The van der Waals surface area contributed by atoms with E-state index in [4.69, 9.17) is 19.4 Å². The quantitative estimate of drug-likeness (QED) is 0.0774. The van der Waals surface area contributed by atoms with Gasteiger partial charge in [-0.3, -0.25) is 19.2 Å². The van der Waals surface area contributed by atoms with Gasteiger partial charge in [0.25, 0.3) is 11.8 Å². The van der Waals surface area contributed by atoms with Crippen molar-refractivity contribution in [2.75, 3.05) is 112 Å². The smallest absolute Gasteiger partial charge is 0.251 e. The Bertz CT molecular complexity index is 2770. The number of nitrogens with one attached hydrogen (secondary N) is 4. The Balaban J connectivity index is 0.000000198. The number of nitrogens with zero attached hydrogens (tertiary/aromatic N) is 10. The molecule has 2 aromatic carbocycles. The molecule has 0 bridgehead atoms. The van der Waals surface area contributed by atoms with Gasteiger partial charge in [0.2, 0.25) is 23.7 Å². The molecule has 4 fully saturated rings. The van der Waals surface area contributed by atoms with Gasteiger partial charge < -0.3 is 60.1 Å². The molecule has 0 unspecified atom stereocenters. The Morgan fingerprint density at radius 1 is 0.598 bits per heavy atom. The Morgan fingerprint density at radius 2 is 0.963 bits per heavy atom. The van der Waals surface area contributed by atoms with Crippen LogP contribution >= 0.6 is 0 Å². The molecular formula is C62H86N14O6. The highest BCUT2D eigenvalue weighted by molar-refractivity contribution is 6.02. The van der Waals surface area contributed by atoms with E-state index < -0.39 is 10.8 Å². The first-order valence-corrected chi connectivity index (χ1v) is 29.4. The van der Waals surface area contributed by atoms with E-state index in [0.717, 1.165) is 89.2 Å². The number of fused-ring (bicyclic) bond motifs is 2. The Hall–Kier alpha value is -7.32. The number of carbonyl (C=O) groups is 4. The highest BCUT2D eigenvalue weighted by Gasteiger charge is 2.45. The number of benzene rings is 2. The molecule has 2 saturated heterocycles. The van der Waals surface area contributed by atoms with Crippen LogP contribution in [0.15, 0.2) is 74.1 Å². The second-order valence-electron chi connectivity index (χ2n) is 24.0. The van der Waals surface area contributed by atoms with Crippen LogP contribution < -0.4 is 50.3 Å². The van der Waals surface area contributed by atoms with Gasteiger partial charge in [0.15, 0.2) is 11.6 Å². The number of hydrogen-bond acceptors (Lipinski definition) is 16. The number of anilines is 8. The first-order valence-electron chi connectivity index (χ1n) is 29.4. The third-order valence-corrected chi connectivity index (χ3v) is 17.7. The SMILES string of the molecule is C=CC[C@@]1(C)CN(C2CCCC2)c2nc(Nc3ccc(C(=O)NC4CCN(C)CC4)cc3OC)ncc2N(C)C1=O.C=CC[C@]1(C)CN(C2CCCC2)c2nc(Nc3ccc(C(=O)NC4CCN(C)CC4)cc3OC)ncc2N(C)C1=O. The fourth-order valence-corrected chi connectivity index (χ4v) is 12.7. The monoisotopic (exact) mass is 1120 g/mol. The maximum absolute atomic E-state index is 13.6. The predicted octanol–water partition coefficient (Wildman–Crippen LogP) is 8.72. The fourth-order valence-electron chi connectivity index (χ4n) is 12.7. The van der Waals surface area contributed by atoms with E-state index >= 15 is 0 Å². The molecule has 20 nitrogen and oxygen atoms in total. The summed E-state index contributed by atoms with van der Waals surface area (Å²) in [6.07, 6.45) is 21.0. The molecule has 2 aromatic heterocycles. The molecule has 4 aromatic rings. The molecule has 10 rings (SSSR count). The molecule has 6 aliphatic rings. The van der Waals surface area contributed by atoms with Crippen LogP contribution in [0.4, 0.5) is 46.3 Å². The van der Waals surface area contributed by atoms with Crippen molar-refractivity contribution in [3.8, 4) is 11.5 Å². The molecule has 4 amide bonds. The summed E-state index contributed by atoms with van der Waals surface area (Å²) in [5.41, 5.74) is 2.59. The maximum Gasteiger partial charge on any atom is 0.251 e. The van der Waals surface area contributed by atoms with Crippen LogP contribution in [0.5, 0.6) is 11.5 Å². The molecule has 2 atom stereocenters. The van der Waals surface area contributed by atoms with Crippen LogP contribution in [0, 0.1) is 10.8 Å². The van der Waals surface area contributed by atoms with Crippen molar-refractivity contribution >= 4 is 69.9 Å². The van der Waals surface area contributed by atoms with Gasteiger partial charge in [-0.1, -0.05) is 37.8 Å². The average molecular weight is 1120 g/mol. The third-order valence-electron chi connectivity index (χ3n) is 17.7. The van der Waals surface area contributed by atoms with Crippen molar-refractivity contribution in [3.05, 3.63) is 85.2 Å². The number of piperidine rings is 2. The molecule has 2 saturated carbocycles. The molecule has 6 heterocycles. The van der Waals surface area contributed by atoms with E-state index in [2.05, 4.69) is 78.1 Å². The van der Waals surface area contributed by atoms with Gasteiger partial charge in [-0.25, -0.2) is 9.97 Å². The summed E-state index contributed by atoms with van der Waals surface area (Å²) in [5, 5.41) is 12.9. The topological polar surface area (TPSA) is 206 Å². The summed E-state index contributed by atoms with van der Waals surface area (Å²) in [6.45, 7) is 16.9. The first kappa shape index (κ1) is 59.3. The number of carbonyl (C=O) groups excluding carboxylic acids is 4. The van der Waals surface area contributed by atoms with E-state index in [1.807, 2.05) is 38.1 Å². The molecule has 2 aliphatic carbocycles. The van der Waals surface area contributed by atoms with Gasteiger partial charge in [-0.2, -0.15) is 9.97 Å². The van der Waals surface area contributed by atoms with E-state index in [0.29, 0.717) is 95.3 Å². The van der Waals surface area contributed by atoms with Gasteiger partial charge in [-0.15, -0.1) is 13.2 Å². The summed E-state index contributed by atoms with van der Waals surface area (Å²) < 4.78 is 11.3. The van der Waals surface area contributed by atoms with Gasteiger partial charge in [0.05, 0.1) is 48.8 Å². The summed E-state index contributed by atoms with van der Waals surface area (Å²) in [6, 6.07) is 11.7. The lowest BCUT2D eigenvalue weighted by Gasteiger charge is -2.35. The molecule has 20 heteroatoms. The minimum absolute atomic E-state index is 0.0410. The Morgan fingerprint density at radius 3 is 1.30 bits per heavy atom. The highest BCUT2D eigenvalue weighted by atomic mass is 16.5. The first-order chi connectivity index (χ1) is 39.4. The molecule has 440 valence electrons. The number of ether oxygens (including phenoxy) is 2. The van der Waals surface area contributed by atoms with E-state index in [1.165, 1.54) is 25.7 Å². The molecular weight excluding hydrogens is 1040 g/mol. The van der Waals surface area contributed by atoms with Gasteiger partial charge in [0.1, 0.15) is 22.9 Å². The minimum atomic E-state index is -0.611. The van der Waals surface area contributed by atoms with Gasteiger partial charge in [-0.05, 0) is 155 Å². The number of methoxy groups -OCH3 is 2. The van der Waals surface area contributed by atoms with Gasteiger partial charge >= 0.3 is 0 Å². The number of hydrogen-bond donors (Lipinski definition) is 4. The largest absolute Gasteiger partial charge is 0.495 e. The average Bonchev–Trinajstić information content (AvgIpc) is 3.77. The number of likely N-dealkylation sites (tertiary alicyclic amines) is 2. The lowest BCUT2D eigenvalue weighted by atomic mass is 9.84. The second kappa shape index (κ2) is 25.9. The zero-order chi connectivity index (χ0) is 58.3. The van der Waals surface area contributed by atoms with Crippen molar-refractivity contribution in [1.82, 2.24) is 40.4 Å². The molecule has 4 aliphatic heterocycles. The summed E-state index contributed by atoms with van der Waals surface area (Å²) in [5.74, 6) is 3.25. The third kappa shape index (κ3) is 13.1. The van der Waals surface area contributed by atoms with Crippen molar-refractivity contribution in [1.29, 1.82) is 0 Å². The number of rotatable bonds is 16. The van der Waals surface area contributed by atoms with E-state index in [-0.39, 0.29) is 35.7 Å². The van der Waals surface area contributed by atoms with Crippen molar-refractivity contribution in [2.24, 2.45) is 10.8 Å². The maximum atomic E-state index is 13.6. The van der Waals surface area contributed by atoms with Crippen molar-refractivity contribution in [3.63, 3.8) is 0 Å². The number of allylic oxidation sites excluding steroid dienone is 2. The van der Waals surface area contributed by atoms with Crippen LogP contribution in [-0.4, -0.2) is 159 Å². The number of aromatic nitrogens is 4. The number of amides is 4. The lowest BCUT2D eigenvalue weighted by molar-refractivity contribution is -0.127. The zero-order valence-electron chi connectivity index (χ0n) is 49.6. The van der Waals surface area contributed by atoms with Crippen LogP contribution in [-0.2, 0) is 9.59 Å². The standard InChI is InChI=1S/2C31H43N7O3/c2*1-6-15-31(2)20-38(23-9-7-8-10-23)27-25(37(4)29(31)40)19-32-30(35-27)34-24-12-11-21(18-26(24)41-5)28(39)33-22-13-16-36(3)17-14-22/h2*6,11-12,18-19,22-23H,1,7-10,13-17,20H2,2-5H3,(H,33,39)(H,32,34,35)/t2*31-/m10/s1. The van der Waals surface area contributed by atoms with Crippen LogP contribution in [0.1, 0.15) is 124 Å². The van der Waals surface area contributed by atoms with Gasteiger partial charge in [0, 0.05) is 62.5 Å². The zero-order valence-corrected chi connectivity index (χ0v) is 49.6. The molecule has 0 radical (unpaired) electrons. The Kier molecular flexibility index (Phi) is 18.7. The van der Waals surface area contributed by atoms with Crippen LogP contribution in [0.3, 0.4) is 0 Å². The summed E-state index contributed by atoms with van der Waals surface area (Å²) in [4.78, 5) is 84.8. The van der Waals surface area contributed by atoms with Crippen molar-refractivity contribution in [2.45, 2.75) is 128 Å². The minimum Gasteiger partial charge on any atom is -0.495 e. The van der Waals surface area contributed by atoms with E-state index in [9.17, 15) is 19.2 Å². The van der Waals surface area contributed by atoms with Crippen molar-refractivity contribution < 1.29 is 28.7 Å². The highest BCUT2D eigenvalue weighted by Crippen LogP contribution is 2.44. The summed E-state index contributed by atoms with van der Waals surface area (Å²) >= 11 is 0. The molecule has 4 N–H and O–H groups in total. The molecule has 0 spiro atoms. The summed E-state index contributed by atoms with van der Waals surface area (Å²) in [7, 11) is 11.0. The Labute approximate surface area is 484 Å². The predicted molar refractivity (Wildman–Crippen MR) is 324 cm³/mol. The molecule has 82 heavy (non-hydrogen) atoms. The van der Waals surface area contributed by atoms with Crippen LogP contribution in [0.2, 0.25) is 0 Å².